The fourth-order valence-electron chi connectivity index (χ4n) is 2.20. The minimum Gasteiger partial charge on any atom is -0.0845 e. The van der Waals surface area contributed by atoms with Crippen LogP contribution in [0.4, 0.5) is 0 Å². The molecule has 17 heavy (non-hydrogen) atoms. The molecular formula is C17H20. The minimum absolute atomic E-state index is 0.560. The van der Waals surface area contributed by atoms with Gasteiger partial charge in [0.1, 0.15) is 0 Å². The molecule has 1 atom stereocenters. The first-order chi connectivity index (χ1) is 8.47. The van der Waals surface area contributed by atoms with E-state index in [-0.39, 0.29) is 0 Å². The van der Waals surface area contributed by atoms with Gasteiger partial charge in [-0.25, -0.2) is 0 Å². The molecule has 0 aromatic rings. The van der Waals surface area contributed by atoms with E-state index in [0.29, 0.717) is 5.92 Å². The summed E-state index contributed by atoms with van der Waals surface area (Å²) in [5, 5.41) is 0. The molecule has 0 aliphatic heterocycles. The number of hydrogen-bond donors (Lipinski definition) is 0. The largest absolute Gasteiger partial charge is 0.0845 e. The second-order valence-corrected chi connectivity index (χ2v) is 4.50. The minimum atomic E-state index is 0.560. The van der Waals surface area contributed by atoms with Crippen LogP contribution in [-0.4, -0.2) is 0 Å². The Kier molecular flexibility index (Phi) is 4.84. The lowest BCUT2D eigenvalue weighted by molar-refractivity contribution is 0.609. The normalized spacial score (nSPS) is 32.0. The fourth-order valence-corrected chi connectivity index (χ4v) is 2.20. The van der Waals surface area contributed by atoms with Gasteiger partial charge in [0.15, 0.2) is 0 Å². The van der Waals surface area contributed by atoms with Crippen molar-refractivity contribution in [1.29, 1.82) is 0 Å². The number of fused-ring (bicyclic) bond motifs is 1. The zero-order valence-corrected chi connectivity index (χ0v) is 10.3. The highest BCUT2D eigenvalue weighted by molar-refractivity contribution is 5.34. The quantitative estimate of drug-likeness (QED) is 0.549. The summed E-state index contributed by atoms with van der Waals surface area (Å²) in [6, 6.07) is 0. The van der Waals surface area contributed by atoms with Crippen LogP contribution in [0.3, 0.4) is 0 Å². The van der Waals surface area contributed by atoms with Crippen molar-refractivity contribution < 1.29 is 0 Å². The molecule has 2 aliphatic carbocycles. The van der Waals surface area contributed by atoms with Crippen molar-refractivity contribution in [3.8, 4) is 0 Å². The number of hydrogen-bond acceptors (Lipinski definition) is 0. The highest BCUT2D eigenvalue weighted by Gasteiger charge is 2.08. The molecule has 0 bridgehead atoms. The molecule has 0 spiro atoms. The van der Waals surface area contributed by atoms with Crippen molar-refractivity contribution in [1.82, 2.24) is 0 Å². The standard InChI is InChI=1S/C17H20/c1-2-5-9-13-17-15-11-7-3-6-10-14-16(17)12-8-4-1/h1,3-4,6-8,10-12,14-15,17H,2,5,9,13H2/b4-1-,7-3+,10-6?,12-8+,15-11-,16-14?. The van der Waals surface area contributed by atoms with Gasteiger partial charge in [-0.1, -0.05) is 73.3 Å². The zero-order valence-electron chi connectivity index (χ0n) is 10.3. The van der Waals surface area contributed by atoms with Crippen LogP contribution in [0.1, 0.15) is 25.7 Å². The van der Waals surface area contributed by atoms with E-state index in [2.05, 4.69) is 66.8 Å². The molecule has 0 saturated carbocycles. The van der Waals surface area contributed by atoms with Gasteiger partial charge in [-0.3, -0.25) is 0 Å². The van der Waals surface area contributed by atoms with Crippen molar-refractivity contribution in [2.24, 2.45) is 5.92 Å². The second kappa shape index (κ2) is 6.90. The lowest BCUT2D eigenvalue weighted by Crippen LogP contribution is -2.00. The van der Waals surface area contributed by atoms with E-state index in [1.54, 1.807) is 0 Å². The Bertz CT molecular complexity index is 400. The second-order valence-electron chi connectivity index (χ2n) is 4.50. The Morgan fingerprint density at radius 2 is 1.71 bits per heavy atom. The molecule has 0 N–H and O–H groups in total. The Labute approximate surface area is 104 Å². The van der Waals surface area contributed by atoms with E-state index in [1.807, 2.05) is 0 Å². The van der Waals surface area contributed by atoms with E-state index in [0.717, 1.165) is 0 Å². The van der Waals surface area contributed by atoms with Crippen molar-refractivity contribution in [3.05, 3.63) is 72.4 Å². The highest BCUT2D eigenvalue weighted by Crippen LogP contribution is 2.23. The predicted molar refractivity (Wildman–Crippen MR) is 75.7 cm³/mol. The molecule has 1 unspecified atom stereocenters. The smallest absolute Gasteiger partial charge is 0.00210 e. The van der Waals surface area contributed by atoms with Crippen molar-refractivity contribution in [3.63, 3.8) is 0 Å². The summed E-state index contributed by atoms with van der Waals surface area (Å²) in [7, 11) is 0. The lowest BCUT2D eigenvalue weighted by atomic mass is 9.91. The van der Waals surface area contributed by atoms with Crippen LogP contribution in [-0.2, 0) is 0 Å². The summed E-state index contributed by atoms with van der Waals surface area (Å²) >= 11 is 0. The van der Waals surface area contributed by atoms with Crippen LogP contribution >= 0.6 is 0 Å². The molecule has 2 rings (SSSR count). The Balaban J connectivity index is 2.25. The third-order valence-corrected chi connectivity index (χ3v) is 3.18. The maximum Gasteiger partial charge on any atom is 0.00210 e. The Morgan fingerprint density at radius 3 is 2.71 bits per heavy atom. The van der Waals surface area contributed by atoms with E-state index in [1.165, 1.54) is 31.3 Å². The molecule has 0 radical (unpaired) electrons. The molecule has 0 heteroatoms. The van der Waals surface area contributed by atoms with Gasteiger partial charge in [0, 0.05) is 5.92 Å². The molecule has 2 aliphatic rings. The first-order valence-corrected chi connectivity index (χ1v) is 6.52. The first-order valence-electron chi connectivity index (χ1n) is 6.52. The molecule has 0 aromatic carbocycles. The van der Waals surface area contributed by atoms with E-state index in [4.69, 9.17) is 0 Å². The monoisotopic (exact) mass is 224 g/mol. The molecule has 0 heterocycles. The number of rotatable bonds is 0. The van der Waals surface area contributed by atoms with Crippen LogP contribution in [0.15, 0.2) is 72.4 Å². The summed E-state index contributed by atoms with van der Waals surface area (Å²) < 4.78 is 0. The maximum absolute atomic E-state index is 2.32. The maximum atomic E-state index is 2.32. The van der Waals surface area contributed by atoms with Gasteiger partial charge in [0.05, 0.1) is 0 Å². The van der Waals surface area contributed by atoms with Crippen molar-refractivity contribution >= 4 is 0 Å². The van der Waals surface area contributed by atoms with E-state index >= 15 is 0 Å². The molecule has 88 valence electrons. The van der Waals surface area contributed by atoms with E-state index in [9.17, 15) is 0 Å². The SMILES string of the molecule is C1=C/C=C/C=C\C2CCCC/C=C\C=C\C2=C1. The molecule has 0 saturated heterocycles. The Hall–Kier alpha value is -1.56. The molecule has 0 nitrogen and oxygen atoms in total. The van der Waals surface area contributed by atoms with E-state index < -0.39 is 0 Å². The third kappa shape index (κ3) is 4.07. The van der Waals surface area contributed by atoms with Crippen LogP contribution in [0.25, 0.3) is 0 Å². The van der Waals surface area contributed by atoms with Crippen molar-refractivity contribution in [2.75, 3.05) is 0 Å². The highest BCUT2D eigenvalue weighted by atomic mass is 14.1. The third-order valence-electron chi connectivity index (χ3n) is 3.18. The van der Waals surface area contributed by atoms with Gasteiger partial charge in [0.2, 0.25) is 0 Å². The topological polar surface area (TPSA) is 0 Å². The summed E-state index contributed by atoms with van der Waals surface area (Å²) in [5.41, 5.74) is 1.41. The van der Waals surface area contributed by atoms with Gasteiger partial charge in [-0.05, 0) is 24.8 Å². The average Bonchev–Trinajstić information content (AvgIpc) is 2.46. The lowest BCUT2D eigenvalue weighted by Gasteiger charge is -2.14. The van der Waals surface area contributed by atoms with Crippen LogP contribution < -0.4 is 0 Å². The number of allylic oxidation sites excluding steroid dienone is 12. The van der Waals surface area contributed by atoms with Gasteiger partial charge >= 0.3 is 0 Å². The molecule has 0 fully saturated rings. The van der Waals surface area contributed by atoms with Crippen LogP contribution in [0, 0.1) is 5.92 Å². The molecule has 0 amide bonds. The Morgan fingerprint density at radius 1 is 0.824 bits per heavy atom. The summed E-state index contributed by atoms with van der Waals surface area (Å²) in [6.07, 6.45) is 29.0. The van der Waals surface area contributed by atoms with Gasteiger partial charge in [-0.2, -0.15) is 0 Å². The predicted octanol–water partition coefficient (Wildman–Crippen LogP) is 4.90. The average molecular weight is 224 g/mol. The molecule has 0 aromatic heterocycles. The van der Waals surface area contributed by atoms with Crippen molar-refractivity contribution in [2.45, 2.75) is 25.7 Å². The summed E-state index contributed by atoms with van der Waals surface area (Å²) in [6.45, 7) is 0. The molecular weight excluding hydrogens is 204 g/mol. The summed E-state index contributed by atoms with van der Waals surface area (Å²) in [5.74, 6) is 0.560. The first kappa shape index (κ1) is 11.9. The fraction of sp³-hybridized carbons (Fsp3) is 0.294. The van der Waals surface area contributed by atoms with Gasteiger partial charge in [-0.15, -0.1) is 0 Å². The van der Waals surface area contributed by atoms with Crippen LogP contribution in [0.5, 0.6) is 0 Å². The summed E-state index contributed by atoms with van der Waals surface area (Å²) in [4.78, 5) is 0. The zero-order chi connectivity index (χ0) is 11.8. The van der Waals surface area contributed by atoms with Crippen LogP contribution in [0.2, 0.25) is 0 Å². The van der Waals surface area contributed by atoms with Gasteiger partial charge in [0.25, 0.3) is 0 Å². The van der Waals surface area contributed by atoms with Gasteiger partial charge < -0.3 is 0 Å².